The Morgan fingerprint density at radius 2 is 1.10 bits per heavy atom. The molecule has 0 aliphatic heterocycles. The topological polar surface area (TPSA) is 12.9 Å². The van der Waals surface area contributed by atoms with E-state index < -0.39 is 7.26 Å². The van der Waals surface area contributed by atoms with Gasteiger partial charge in [-0.05, 0) is 78.6 Å². The number of rotatable bonds is 7. The van der Waals surface area contributed by atoms with Crippen LogP contribution in [-0.4, -0.2) is 4.98 Å². The predicted molar refractivity (Wildman–Crippen MR) is 178 cm³/mol. The minimum Gasteiger partial charge on any atom is -0.252 e. The summed E-state index contributed by atoms with van der Waals surface area (Å²) < 4.78 is 14.2. The fraction of sp³-hybridized carbons (Fsp3) is 0.108. The summed E-state index contributed by atoms with van der Waals surface area (Å²) in [4.78, 5) is 5.35. The lowest BCUT2D eigenvalue weighted by molar-refractivity contribution is 0.628. The van der Waals surface area contributed by atoms with Crippen LogP contribution < -0.4 is 15.9 Å². The van der Waals surface area contributed by atoms with Crippen LogP contribution in [0.15, 0.2) is 140 Å². The van der Waals surface area contributed by atoms with Crippen molar-refractivity contribution in [2.75, 3.05) is 0 Å². The molecule has 0 radical (unpaired) electrons. The molecule has 1 nitrogen and oxygen atoms in total. The molecule has 0 amide bonds. The standard InChI is InChI=1S/C37H30FNP.BrH/c38-29-24-22-27(23-25-29)36-33-18-10-11-19-35(33)39-37(28-20-21-28)34(36)26-40(30-12-4-1-5-13-30,31-14-6-2-7-15-31)32-16-8-3-9-17-32;/h1-19,22-25,28H,20-21,26H2;1H/q+1;. The molecule has 0 saturated heterocycles. The zero-order valence-corrected chi connectivity index (χ0v) is 25.3. The summed E-state index contributed by atoms with van der Waals surface area (Å²) in [6.07, 6.45) is 3.17. The molecule has 0 spiro atoms. The Morgan fingerprint density at radius 3 is 1.61 bits per heavy atom. The molecule has 202 valence electrons. The molecule has 1 aliphatic rings. The van der Waals surface area contributed by atoms with Gasteiger partial charge in [0, 0.05) is 16.9 Å². The van der Waals surface area contributed by atoms with E-state index in [1.165, 1.54) is 32.7 Å². The predicted octanol–water partition coefficient (Wildman–Crippen LogP) is 8.99. The number of halogens is 2. The van der Waals surface area contributed by atoms with Gasteiger partial charge < -0.3 is 0 Å². The molecule has 41 heavy (non-hydrogen) atoms. The first-order valence-corrected chi connectivity index (χ1v) is 15.9. The maximum Gasteiger partial charge on any atom is 0.123 e. The van der Waals surface area contributed by atoms with E-state index in [9.17, 15) is 4.39 Å². The first-order valence-electron chi connectivity index (χ1n) is 14.0. The molecule has 0 N–H and O–H groups in total. The van der Waals surface area contributed by atoms with Gasteiger partial charge in [0.2, 0.25) is 0 Å². The Hall–Kier alpha value is -3.65. The second-order valence-corrected chi connectivity index (χ2v) is 14.1. The minimum atomic E-state index is -2.16. The highest BCUT2D eigenvalue weighted by molar-refractivity contribution is 8.93. The minimum absolute atomic E-state index is 0. The maximum absolute atomic E-state index is 14.2. The highest BCUT2D eigenvalue weighted by Gasteiger charge is 2.47. The zero-order valence-electron chi connectivity index (χ0n) is 22.7. The second-order valence-electron chi connectivity index (χ2n) is 10.6. The highest BCUT2D eigenvalue weighted by Crippen LogP contribution is 2.60. The average Bonchev–Trinajstić information content (AvgIpc) is 3.87. The second kappa shape index (κ2) is 11.7. The molecule has 5 aromatic carbocycles. The van der Waals surface area contributed by atoms with Gasteiger partial charge in [0.15, 0.2) is 0 Å². The molecule has 7 rings (SSSR count). The van der Waals surface area contributed by atoms with Gasteiger partial charge >= 0.3 is 0 Å². The fourth-order valence-electron chi connectivity index (χ4n) is 6.08. The van der Waals surface area contributed by atoms with Crippen LogP contribution in [0.4, 0.5) is 4.39 Å². The number of aromatic nitrogens is 1. The number of benzene rings is 5. The van der Waals surface area contributed by atoms with Gasteiger partial charge in [-0.2, -0.15) is 0 Å². The molecule has 1 saturated carbocycles. The van der Waals surface area contributed by atoms with E-state index in [0.717, 1.165) is 35.5 Å². The van der Waals surface area contributed by atoms with Crippen molar-refractivity contribution in [1.82, 2.24) is 4.98 Å². The number of pyridine rings is 1. The van der Waals surface area contributed by atoms with Crippen molar-refractivity contribution >= 4 is 51.1 Å². The lowest BCUT2D eigenvalue weighted by Gasteiger charge is -2.30. The summed E-state index contributed by atoms with van der Waals surface area (Å²) >= 11 is 0. The van der Waals surface area contributed by atoms with E-state index in [2.05, 4.69) is 115 Å². The van der Waals surface area contributed by atoms with Crippen molar-refractivity contribution < 1.29 is 4.39 Å². The van der Waals surface area contributed by atoms with Gasteiger partial charge in [-0.3, -0.25) is 4.98 Å². The van der Waals surface area contributed by atoms with Crippen molar-refractivity contribution in [3.05, 3.63) is 157 Å². The normalized spacial score (nSPS) is 13.1. The quantitative estimate of drug-likeness (QED) is 0.163. The van der Waals surface area contributed by atoms with Crippen LogP contribution in [0.3, 0.4) is 0 Å². The summed E-state index contributed by atoms with van der Waals surface area (Å²) in [5.41, 5.74) is 5.77. The Bertz CT molecular complexity index is 1670. The third-order valence-electron chi connectivity index (χ3n) is 8.11. The number of fused-ring (bicyclic) bond motifs is 1. The molecular weight excluding hydrogens is 588 g/mol. The smallest absolute Gasteiger partial charge is 0.123 e. The van der Waals surface area contributed by atoms with Crippen LogP contribution >= 0.6 is 24.2 Å². The van der Waals surface area contributed by atoms with Crippen LogP contribution in [0.2, 0.25) is 0 Å². The lowest BCUT2D eigenvalue weighted by Crippen LogP contribution is -2.33. The third-order valence-corrected chi connectivity index (χ3v) is 12.4. The van der Waals surface area contributed by atoms with Gasteiger partial charge in [0.25, 0.3) is 0 Å². The van der Waals surface area contributed by atoms with E-state index in [4.69, 9.17) is 4.98 Å². The monoisotopic (exact) mass is 618 g/mol. The van der Waals surface area contributed by atoms with Gasteiger partial charge in [-0.1, -0.05) is 84.9 Å². The largest absolute Gasteiger partial charge is 0.252 e. The Kier molecular flexibility index (Phi) is 7.84. The van der Waals surface area contributed by atoms with E-state index in [1.54, 1.807) is 12.1 Å². The number of hydrogen-bond acceptors (Lipinski definition) is 1. The molecular formula is C37H31BrFNP+. The van der Waals surface area contributed by atoms with Gasteiger partial charge in [0.05, 0.1) is 11.2 Å². The van der Waals surface area contributed by atoms with E-state index >= 15 is 0 Å². The van der Waals surface area contributed by atoms with Crippen molar-refractivity contribution in [1.29, 1.82) is 0 Å². The third kappa shape index (κ3) is 5.14. The number of hydrogen-bond donors (Lipinski definition) is 0. The summed E-state index contributed by atoms with van der Waals surface area (Å²) in [5.74, 6) is 0.244. The Labute approximate surface area is 252 Å². The lowest BCUT2D eigenvalue weighted by atomic mass is 9.93. The molecule has 1 aromatic heterocycles. The van der Waals surface area contributed by atoms with Crippen LogP contribution in [0.5, 0.6) is 0 Å². The SMILES string of the molecule is Br.Fc1ccc(-c2c(C[P+](c3ccccc3)(c3ccccc3)c3ccccc3)c(C3CC3)nc3ccccc23)cc1. The van der Waals surface area contributed by atoms with Gasteiger partial charge in [-0.25, -0.2) is 4.39 Å². The summed E-state index contributed by atoms with van der Waals surface area (Å²) in [6.45, 7) is 0. The molecule has 0 atom stereocenters. The molecule has 1 heterocycles. The van der Waals surface area contributed by atoms with Crippen molar-refractivity contribution in [3.63, 3.8) is 0 Å². The zero-order chi connectivity index (χ0) is 26.9. The molecule has 1 fully saturated rings. The molecule has 1 aliphatic carbocycles. The van der Waals surface area contributed by atoms with Gasteiger partial charge in [-0.15, -0.1) is 17.0 Å². The van der Waals surface area contributed by atoms with Crippen LogP contribution in [0.25, 0.3) is 22.0 Å². The maximum atomic E-state index is 14.2. The van der Waals surface area contributed by atoms with Crippen molar-refractivity contribution in [2.45, 2.75) is 24.9 Å². The number of nitrogens with zero attached hydrogens (tertiary/aromatic N) is 1. The highest BCUT2D eigenvalue weighted by atomic mass is 79.9. The molecule has 4 heteroatoms. The van der Waals surface area contributed by atoms with Gasteiger partial charge in [0.1, 0.15) is 35.2 Å². The first-order chi connectivity index (χ1) is 19.7. The molecule has 0 bridgehead atoms. The van der Waals surface area contributed by atoms with Crippen LogP contribution in [-0.2, 0) is 6.16 Å². The average molecular weight is 620 g/mol. The summed E-state index contributed by atoms with van der Waals surface area (Å²) in [5, 5.41) is 5.19. The fourth-order valence-corrected chi connectivity index (χ4v) is 10.4. The number of para-hydroxylation sites is 1. The van der Waals surface area contributed by atoms with Crippen LogP contribution in [0.1, 0.15) is 30.0 Å². The van der Waals surface area contributed by atoms with Crippen molar-refractivity contribution in [3.8, 4) is 11.1 Å². The van der Waals surface area contributed by atoms with Crippen LogP contribution in [0, 0.1) is 5.82 Å². The summed E-state index contributed by atoms with van der Waals surface area (Å²) in [7, 11) is -2.16. The summed E-state index contributed by atoms with van der Waals surface area (Å²) in [6, 6.07) is 48.6. The Balaban J connectivity index is 0.00000302. The van der Waals surface area contributed by atoms with Crippen molar-refractivity contribution in [2.24, 2.45) is 0 Å². The van der Waals surface area contributed by atoms with E-state index in [0.29, 0.717) is 5.92 Å². The van der Waals surface area contributed by atoms with E-state index in [1.807, 2.05) is 12.1 Å². The Morgan fingerprint density at radius 1 is 0.610 bits per heavy atom. The first kappa shape index (κ1) is 27.5. The molecule has 0 unspecified atom stereocenters. The molecule has 6 aromatic rings. The van der Waals surface area contributed by atoms with E-state index in [-0.39, 0.29) is 22.8 Å².